The fraction of sp³-hybridized carbons (Fsp3) is 0.385. The number of amides is 1. The fourth-order valence-corrected chi connectivity index (χ4v) is 1.66. The van der Waals surface area contributed by atoms with Crippen LogP contribution in [-0.4, -0.2) is 41.4 Å². The van der Waals surface area contributed by atoms with Crippen LogP contribution in [0.3, 0.4) is 0 Å². The zero-order valence-corrected chi connectivity index (χ0v) is 11.8. The highest BCUT2D eigenvalue weighted by Crippen LogP contribution is 2.18. The van der Waals surface area contributed by atoms with E-state index in [4.69, 9.17) is 0 Å². The molecule has 8 heteroatoms. The van der Waals surface area contributed by atoms with Crippen molar-refractivity contribution in [2.75, 3.05) is 13.7 Å². The van der Waals surface area contributed by atoms with Crippen LogP contribution in [0.4, 0.5) is 10.1 Å². The van der Waals surface area contributed by atoms with Crippen LogP contribution in [0.5, 0.6) is 0 Å². The molecule has 0 bridgehead atoms. The van der Waals surface area contributed by atoms with Crippen molar-refractivity contribution in [2.45, 2.75) is 19.9 Å². The van der Waals surface area contributed by atoms with Crippen LogP contribution in [0.15, 0.2) is 18.2 Å². The van der Waals surface area contributed by atoms with Crippen molar-refractivity contribution in [1.82, 2.24) is 4.90 Å². The molecule has 21 heavy (non-hydrogen) atoms. The van der Waals surface area contributed by atoms with Gasteiger partial charge in [0.2, 0.25) is 0 Å². The van der Waals surface area contributed by atoms with Crippen LogP contribution in [-0.2, 0) is 9.53 Å². The molecule has 1 aromatic carbocycles. The van der Waals surface area contributed by atoms with Gasteiger partial charge in [0, 0.05) is 17.7 Å². The van der Waals surface area contributed by atoms with Gasteiger partial charge >= 0.3 is 5.97 Å². The van der Waals surface area contributed by atoms with Crippen molar-refractivity contribution in [2.24, 2.45) is 0 Å². The quantitative estimate of drug-likeness (QED) is 0.469. The van der Waals surface area contributed by atoms with Gasteiger partial charge in [0.15, 0.2) is 0 Å². The lowest BCUT2D eigenvalue weighted by atomic mass is 10.1. The van der Waals surface area contributed by atoms with E-state index >= 15 is 0 Å². The topological polar surface area (TPSA) is 89.8 Å². The number of halogens is 1. The smallest absolute Gasteiger partial charge is 0.325 e. The molecule has 0 spiro atoms. The Kier molecular flexibility index (Phi) is 5.34. The van der Waals surface area contributed by atoms with E-state index in [2.05, 4.69) is 4.74 Å². The van der Waals surface area contributed by atoms with E-state index < -0.39 is 28.3 Å². The molecular formula is C13H15FN2O5. The van der Waals surface area contributed by atoms with Gasteiger partial charge in [0.05, 0.1) is 18.1 Å². The van der Waals surface area contributed by atoms with E-state index in [1.165, 1.54) is 7.11 Å². The maximum absolute atomic E-state index is 13.4. The summed E-state index contributed by atoms with van der Waals surface area (Å²) in [5.74, 6) is -2.21. The Bertz CT molecular complexity index is 574. The second-order valence-corrected chi connectivity index (χ2v) is 4.56. The van der Waals surface area contributed by atoms with Crippen LogP contribution < -0.4 is 0 Å². The van der Waals surface area contributed by atoms with Gasteiger partial charge in [-0.05, 0) is 19.9 Å². The van der Waals surface area contributed by atoms with Gasteiger partial charge in [-0.3, -0.25) is 19.7 Å². The van der Waals surface area contributed by atoms with Crippen LogP contribution >= 0.6 is 0 Å². The summed E-state index contributed by atoms with van der Waals surface area (Å²) >= 11 is 0. The number of carbonyl (C=O) groups is 2. The van der Waals surface area contributed by atoms with Gasteiger partial charge in [0.1, 0.15) is 12.4 Å². The van der Waals surface area contributed by atoms with Gasteiger partial charge in [-0.25, -0.2) is 4.39 Å². The Balaban J connectivity index is 3.14. The SMILES string of the molecule is COC(=O)CN(C(=O)c1cc(F)cc([N+](=O)[O-])c1)C(C)C. The number of esters is 1. The summed E-state index contributed by atoms with van der Waals surface area (Å²) in [7, 11) is 1.18. The maximum atomic E-state index is 13.4. The number of nitro benzene ring substituents is 1. The molecule has 7 nitrogen and oxygen atoms in total. The molecular weight excluding hydrogens is 283 g/mol. The highest BCUT2D eigenvalue weighted by Gasteiger charge is 2.24. The van der Waals surface area contributed by atoms with E-state index in [1.54, 1.807) is 13.8 Å². The first-order chi connectivity index (χ1) is 9.76. The number of hydrogen-bond acceptors (Lipinski definition) is 5. The van der Waals surface area contributed by atoms with Gasteiger partial charge in [-0.1, -0.05) is 0 Å². The lowest BCUT2D eigenvalue weighted by Gasteiger charge is -2.25. The molecule has 1 rings (SSSR count). The number of hydrogen-bond donors (Lipinski definition) is 0. The number of nitro groups is 1. The molecule has 0 aliphatic carbocycles. The fourth-order valence-electron chi connectivity index (χ4n) is 1.66. The Morgan fingerprint density at radius 1 is 1.38 bits per heavy atom. The lowest BCUT2D eigenvalue weighted by molar-refractivity contribution is -0.385. The first-order valence-electron chi connectivity index (χ1n) is 6.09. The lowest BCUT2D eigenvalue weighted by Crippen LogP contribution is -2.41. The number of benzene rings is 1. The summed E-state index contributed by atoms with van der Waals surface area (Å²) in [6.07, 6.45) is 0. The van der Waals surface area contributed by atoms with Crippen molar-refractivity contribution in [3.8, 4) is 0 Å². The monoisotopic (exact) mass is 298 g/mol. The van der Waals surface area contributed by atoms with Crippen LogP contribution in [0, 0.1) is 15.9 Å². The molecule has 114 valence electrons. The molecule has 0 saturated heterocycles. The predicted octanol–water partition coefficient (Wildman–Crippen LogP) is 1.76. The Labute approximate surface area is 120 Å². The molecule has 1 aromatic rings. The third kappa shape index (κ3) is 4.23. The molecule has 0 atom stereocenters. The van der Waals surface area contributed by atoms with E-state index in [0.717, 1.165) is 23.1 Å². The first-order valence-corrected chi connectivity index (χ1v) is 6.09. The minimum Gasteiger partial charge on any atom is -0.468 e. The number of rotatable bonds is 5. The molecule has 0 N–H and O–H groups in total. The molecule has 0 saturated carbocycles. The van der Waals surface area contributed by atoms with Gasteiger partial charge in [0.25, 0.3) is 11.6 Å². The summed E-state index contributed by atoms with van der Waals surface area (Å²) in [5.41, 5.74) is -0.723. The van der Waals surface area contributed by atoms with Gasteiger partial charge < -0.3 is 9.64 Å². The van der Waals surface area contributed by atoms with Gasteiger partial charge in [-0.2, -0.15) is 0 Å². The average molecular weight is 298 g/mol. The summed E-state index contributed by atoms with van der Waals surface area (Å²) in [6.45, 7) is 3.00. The maximum Gasteiger partial charge on any atom is 0.325 e. The number of non-ortho nitro benzene ring substituents is 1. The second kappa shape index (κ2) is 6.78. The standard InChI is InChI=1S/C13H15FN2O5/c1-8(2)15(7-12(17)21-3)13(18)9-4-10(14)6-11(5-9)16(19)20/h4-6,8H,7H2,1-3H3. The highest BCUT2D eigenvalue weighted by molar-refractivity contribution is 5.96. The van der Waals surface area contributed by atoms with Crippen LogP contribution in [0.25, 0.3) is 0 Å². The van der Waals surface area contributed by atoms with Crippen molar-refractivity contribution < 1.29 is 23.6 Å². The summed E-state index contributed by atoms with van der Waals surface area (Å²) in [5, 5.41) is 10.7. The zero-order valence-electron chi connectivity index (χ0n) is 11.8. The molecule has 0 aromatic heterocycles. The zero-order chi connectivity index (χ0) is 16.2. The molecule has 0 radical (unpaired) electrons. The highest BCUT2D eigenvalue weighted by atomic mass is 19.1. The normalized spacial score (nSPS) is 10.3. The Morgan fingerprint density at radius 3 is 2.48 bits per heavy atom. The molecule has 1 amide bonds. The summed E-state index contributed by atoms with van der Waals surface area (Å²) < 4.78 is 17.9. The second-order valence-electron chi connectivity index (χ2n) is 4.56. The summed E-state index contributed by atoms with van der Waals surface area (Å²) in [6, 6.07) is 2.22. The average Bonchev–Trinajstić information content (AvgIpc) is 2.42. The van der Waals surface area contributed by atoms with Crippen LogP contribution in [0.2, 0.25) is 0 Å². The molecule has 0 aliphatic heterocycles. The Hall–Kier alpha value is -2.51. The van der Waals surface area contributed by atoms with Crippen molar-refractivity contribution in [3.05, 3.63) is 39.7 Å². The van der Waals surface area contributed by atoms with Crippen molar-refractivity contribution in [1.29, 1.82) is 0 Å². The van der Waals surface area contributed by atoms with Crippen molar-refractivity contribution in [3.63, 3.8) is 0 Å². The third-order valence-electron chi connectivity index (χ3n) is 2.75. The minimum absolute atomic E-state index is 0.195. The number of nitrogens with zero attached hydrogens (tertiary/aromatic N) is 2. The third-order valence-corrected chi connectivity index (χ3v) is 2.75. The minimum atomic E-state index is -0.894. The number of methoxy groups -OCH3 is 1. The predicted molar refractivity (Wildman–Crippen MR) is 71.2 cm³/mol. The van der Waals surface area contributed by atoms with E-state index in [9.17, 15) is 24.1 Å². The van der Waals surface area contributed by atoms with Crippen molar-refractivity contribution >= 4 is 17.6 Å². The molecule has 0 heterocycles. The number of carbonyl (C=O) groups excluding carboxylic acids is 2. The Morgan fingerprint density at radius 2 is 2.00 bits per heavy atom. The van der Waals surface area contributed by atoms with E-state index in [0.29, 0.717) is 0 Å². The molecule has 0 fully saturated rings. The van der Waals surface area contributed by atoms with Crippen LogP contribution in [0.1, 0.15) is 24.2 Å². The van der Waals surface area contributed by atoms with E-state index in [-0.39, 0.29) is 18.2 Å². The first kappa shape index (κ1) is 16.5. The summed E-state index contributed by atoms with van der Waals surface area (Å²) in [4.78, 5) is 34.6. The van der Waals surface area contributed by atoms with E-state index in [1.807, 2.05) is 0 Å². The molecule has 0 aliphatic rings. The number of ether oxygens (including phenoxy) is 1. The van der Waals surface area contributed by atoms with Gasteiger partial charge in [-0.15, -0.1) is 0 Å². The largest absolute Gasteiger partial charge is 0.468 e. The molecule has 0 unspecified atom stereocenters.